The molecule has 122 valence electrons. The van der Waals surface area contributed by atoms with Crippen LogP contribution in [0.15, 0.2) is 0 Å². The van der Waals surface area contributed by atoms with Gasteiger partial charge in [0.05, 0.1) is 13.5 Å². The summed E-state index contributed by atoms with van der Waals surface area (Å²) in [5, 5.41) is 13.7. The number of methoxy groups -OCH3 is 1. The number of hydrogen-bond acceptors (Lipinski definition) is 5. The standard InChI is InChI=1S/C13H25N3O5/c1-4-16(5-2)8-6-7-14-13(20)15-10(12(18)19)9-11(17)21-3/h10H,4-9H2,1-3H3,(H,18,19)(H2,14,15,20)/t10-/m0/s1. The van der Waals surface area contributed by atoms with Gasteiger partial charge in [0.2, 0.25) is 0 Å². The normalized spacial score (nSPS) is 11.8. The zero-order valence-electron chi connectivity index (χ0n) is 12.8. The van der Waals surface area contributed by atoms with Gasteiger partial charge < -0.3 is 25.4 Å². The van der Waals surface area contributed by atoms with E-state index >= 15 is 0 Å². The minimum atomic E-state index is -1.29. The summed E-state index contributed by atoms with van der Waals surface area (Å²) in [5.41, 5.74) is 0. The van der Waals surface area contributed by atoms with Crippen LogP contribution in [-0.4, -0.2) is 67.3 Å². The van der Waals surface area contributed by atoms with Gasteiger partial charge in [0.1, 0.15) is 6.04 Å². The molecule has 0 heterocycles. The van der Waals surface area contributed by atoms with Crippen LogP contribution in [-0.2, 0) is 14.3 Å². The predicted molar refractivity (Wildman–Crippen MR) is 77.0 cm³/mol. The van der Waals surface area contributed by atoms with E-state index < -0.39 is 30.4 Å². The largest absolute Gasteiger partial charge is 0.480 e. The van der Waals surface area contributed by atoms with Gasteiger partial charge in [-0.1, -0.05) is 13.8 Å². The van der Waals surface area contributed by atoms with Gasteiger partial charge in [0, 0.05) is 6.54 Å². The van der Waals surface area contributed by atoms with Crippen molar-refractivity contribution in [1.29, 1.82) is 0 Å². The van der Waals surface area contributed by atoms with Crippen LogP contribution in [0.25, 0.3) is 0 Å². The summed E-state index contributed by atoms with van der Waals surface area (Å²) in [6, 6.07) is -1.90. The average Bonchev–Trinajstić information content (AvgIpc) is 2.46. The van der Waals surface area contributed by atoms with Crippen molar-refractivity contribution >= 4 is 18.0 Å². The maximum Gasteiger partial charge on any atom is 0.326 e. The van der Waals surface area contributed by atoms with Crippen molar-refractivity contribution in [3.63, 3.8) is 0 Å². The first-order chi connectivity index (χ1) is 9.94. The number of carboxylic acid groups (broad SMARTS) is 1. The zero-order chi connectivity index (χ0) is 16.3. The third kappa shape index (κ3) is 8.85. The minimum absolute atomic E-state index is 0.404. The van der Waals surface area contributed by atoms with E-state index in [-0.39, 0.29) is 0 Å². The van der Waals surface area contributed by atoms with Gasteiger partial charge in [-0.25, -0.2) is 9.59 Å². The number of aliphatic carboxylic acids is 1. The summed E-state index contributed by atoms with van der Waals surface area (Å²) in [4.78, 5) is 35.8. The zero-order valence-corrected chi connectivity index (χ0v) is 12.8. The lowest BCUT2D eigenvalue weighted by molar-refractivity contribution is -0.147. The molecular formula is C13H25N3O5. The highest BCUT2D eigenvalue weighted by Gasteiger charge is 2.23. The van der Waals surface area contributed by atoms with Crippen LogP contribution in [0.3, 0.4) is 0 Å². The van der Waals surface area contributed by atoms with Gasteiger partial charge in [-0.3, -0.25) is 4.79 Å². The Labute approximate surface area is 124 Å². The molecule has 1 atom stereocenters. The van der Waals surface area contributed by atoms with E-state index in [0.29, 0.717) is 6.54 Å². The highest BCUT2D eigenvalue weighted by atomic mass is 16.5. The van der Waals surface area contributed by atoms with E-state index in [1.54, 1.807) is 0 Å². The van der Waals surface area contributed by atoms with E-state index in [1.807, 2.05) is 0 Å². The molecule has 2 amide bonds. The Morgan fingerprint density at radius 3 is 2.33 bits per heavy atom. The van der Waals surface area contributed by atoms with E-state index in [9.17, 15) is 14.4 Å². The summed E-state index contributed by atoms with van der Waals surface area (Å²) in [5.74, 6) is -1.97. The molecule has 0 aliphatic carbocycles. The Morgan fingerprint density at radius 1 is 1.24 bits per heavy atom. The van der Waals surface area contributed by atoms with Crippen molar-refractivity contribution in [3.05, 3.63) is 0 Å². The molecule has 21 heavy (non-hydrogen) atoms. The Hall–Kier alpha value is -1.83. The molecule has 0 aliphatic rings. The fourth-order valence-electron chi connectivity index (χ4n) is 1.70. The number of amides is 2. The number of carboxylic acids is 1. The van der Waals surface area contributed by atoms with Gasteiger partial charge in [-0.15, -0.1) is 0 Å². The van der Waals surface area contributed by atoms with E-state index in [1.165, 1.54) is 0 Å². The Morgan fingerprint density at radius 2 is 1.86 bits per heavy atom. The number of nitrogens with zero attached hydrogens (tertiary/aromatic N) is 1. The van der Waals surface area contributed by atoms with Gasteiger partial charge in [0.15, 0.2) is 0 Å². The summed E-state index contributed by atoms with van der Waals surface area (Å²) in [6.07, 6.45) is 0.364. The van der Waals surface area contributed by atoms with Crippen molar-refractivity contribution in [1.82, 2.24) is 15.5 Å². The Balaban J connectivity index is 4.04. The van der Waals surface area contributed by atoms with Gasteiger partial charge in [-0.05, 0) is 26.1 Å². The van der Waals surface area contributed by atoms with E-state index in [0.717, 1.165) is 33.2 Å². The van der Waals surface area contributed by atoms with Crippen LogP contribution in [0.5, 0.6) is 0 Å². The lowest BCUT2D eigenvalue weighted by atomic mass is 10.2. The van der Waals surface area contributed by atoms with Crippen LogP contribution in [0.2, 0.25) is 0 Å². The number of ether oxygens (including phenoxy) is 1. The Kier molecular flexibility index (Phi) is 9.95. The molecule has 0 saturated carbocycles. The minimum Gasteiger partial charge on any atom is -0.480 e. The smallest absolute Gasteiger partial charge is 0.326 e. The van der Waals surface area contributed by atoms with Gasteiger partial charge in [-0.2, -0.15) is 0 Å². The molecule has 0 unspecified atom stereocenters. The fraction of sp³-hybridized carbons (Fsp3) is 0.769. The number of hydrogen-bond donors (Lipinski definition) is 3. The molecular weight excluding hydrogens is 278 g/mol. The topological polar surface area (TPSA) is 108 Å². The van der Waals surface area contributed by atoms with Crippen molar-refractivity contribution in [2.45, 2.75) is 32.7 Å². The number of carbonyl (C=O) groups is 3. The number of esters is 1. The molecule has 0 aliphatic heterocycles. The van der Waals surface area contributed by atoms with Crippen molar-refractivity contribution in [2.75, 3.05) is 33.3 Å². The first-order valence-electron chi connectivity index (χ1n) is 7.00. The second kappa shape index (κ2) is 10.9. The monoisotopic (exact) mass is 303 g/mol. The second-order valence-corrected chi connectivity index (χ2v) is 4.45. The predicted octanol–water partition coefficient (Wildman–Crippen LogP) is 0.0338. The molecule has 0 aromatic rings. The maximum absolute atomic E-state index is 11.6. The first kappa shape index (κ1) is 19.2. The first-order valence-corrected chi connectivity index (χ1v) is 7.00. The lowest BCUT2D eigenvalue weighted by Crippen LogP contribution is -2.47. The van der Waals surface area contributed by atoms with E-state index in [4.69, 9.17) is 5.11 Å². The third-order valence-electron chi connectivity index (χ3n) is 3.03. The van der Waals surface area contributed by atoms with Crippen molar-refractivity contribution in [2.24, 2.45) is 0 Å². The molecule has 8 nitrogen and oxygen atoms in total. The SMILES string of the molecule is CCN(CC)CCCNC(=O)N[C@@H](CC(=O)OC)C(=O)O. The van der Waals surface area contributed by atoms with Crippen molar-refractivity contribution in [3.8, 4) is 0 Å². The number of nitrogens with one attached hydrogen (secondary N) is 2. The molecule has 0 radical (unpaired) electrons. The molecule has 0 bridgehead atoms. The van der Waals surface area contributed by atoms with Crippen LogP contribution in [0.4, 0.5) is 4.79 Å². The van der Waals surface area contributed by atoms with Gasteiger partial charge >= 0.3 is 18.0 Å². The fourth-order valence-corrected chi connectivity index (χ4v) is 1.70. The van der Waals surface area contributed by atoms with Crippen molar-refractivity contribution < 1.29 is 24.2 Å². The molecule has 0 aromatic heterocycles. The molecule has 0 saturated heterocycles. The third-order valence-corrected chi connectivity index (χ3v) is 3.03. The highest BCUT2D eigenvalue weighted by molar-refractivity contribution is 5.86. The van der Waals surface area contributed by atoms with Crippen LogP contribution in [0.1, 0.15) is 26.7 Å². The molecule has 0 fully saturated rings. The Bertz CT molecular complexity index is 345. The number of carbonyl (C=O) groups excluding carboxylic acids is 2. The molecule has 3 N–H and O–H groups in total. The lowest BCUT2D eigenvalue weighted by Gasteiger charge is -2.18. The van der Waals surface area contributed by atoms with Crippen LogP contribution < -0.4 is 10.6 Å². The van der Waals surface area contributed by atoms with E-state index in [2.05, 4.69) is 34.1 Å². The summed E-state index contributed by atoms with van der Waals surface area (Å²) >= 11 is 0. The second-order valence-electron chi connectivity index (χ2n) is 4.45. The van der Waals surface area contributed by atoms with Crippen LogP contribution in [0, 0.1) is 0 Å². The van der Waals surface area contributed by atoms with Gasteiger partial charge in [0.25, 0.3) is 0 Å². The molecule has 0 spiro atoms. The molecule has 0 aromatic carbocycles. The summed E-state index contributed by atoms with van der Waals surface area (Å²) in [6.45, 7) is 7.32. The number of urea groups is 1. The average molecular weight is 303 g/mol. The number of rotatable bonds is 10. The molecule has 8 heteroatoms. The van der Waals surface area contributed by atoms with Crippen LogP contribution >= 0.6 is 0 Å². The summed E-state index contributed by atoms with van der Waals surface area (Å²) < 4.78 is 4.38. The quantitative estimate of drug-likeness (QED) is 0.388. The summed E-state index contributed by atoms with van der Waals surface area (Å²) in [7, 11) is 1.16. The molecule has 0 rings (SSSR count). The highest BCUT2D eigenvalue weighted by Crippen LogP contribution is 1.95. The maximum atomic E-state index is 11.6.